The predicted octanol–water partition coefficient (Wildman–Crippen LogP) is 2.20. The SMILES string of the molecule is CCc1cccc(N2C[C@@H](C(=O)NNC(=O)c3ccc(F)cc3)CC2=O)c1. The maximum atomic E-state index is 12.9. The van der Waals surface area contributed by atoms with Gasteiger partial charge in [-0.2, -0.15) is 0 Å². The van der Waals surface area contributed by atoms with Gasteiger partial charge in [-0.05, 0) is 48.4 Å². The Morgan fingerprint density at radius 2 is 1.89 bits per heavy atom. The Balaban J connectivity index is 1.58. The molecule has 1 aliphatic heterocycles. The van der Waals surface area contributed by atoms with E-state index in [2.05, 4.69) is 10.9 Å². The quantitative estimate of drug-likeness (QED) is 0.811. The number of aryl methyl sites for hydroxylation is 1. The number of hydrazine groups is 1. The summed E-state index contributed by atoms with van der Waals surface area (Å²) in [6, 6.07) is 12.6. The highest BCUT2D eigenvalue weighted by molar-refractivity contribution is 6.01. The van der Waals surface area contributed by atoms with Gasteiger partial charge in [-0.25, -0.2) is 4.39 Å². The first kappa shape index (κ1) is 18.6. The highest BCUT2D eigenvalue weighted by Gasteiger charge is 2.35. The second kappa shape index (κ2) is 7.99. The van der Waals surface area contributed by atoms with Crippen LogP contribution in [0.25, 0.3) is 0 Å². The van der Waals surface area contributed by atoms with Gasteiger partial charge in [-0.15, -0.1) is 0 Å². The van der Waals surface area contributed by atoms with E-state index in [1.807, 2.05) is 31.2 Å². The van der Waals surface area contributed by atoms with Crippen LogP contribution in [0.3, 0.4) is 0 Å². The van der Waals surface area contributed by atoms with Crippen LogP contribution in [0.2, 0.25) is 0 Å². The maximum absolute atomic E-state index is 12.9. The van der Waals surface area contributed by atoms with Crippen LogP contribution < -0.4 is 15.8 Å². The molecule has 0 aromatic heterocycles. The zero-order valence-corrected chi connectivity index (χ0v) is 14.9. The number of amides is 3. The van der Waals surface area contributed by atoms with Crippen molar-refractivity contribution in [3.8, 4) is 0 Å². The zero-order chi connectivity index (χ0) is 19.4. The molecule has 140 valence electrons. The minimum atomic E-state index is -0.559. The van der Waals surface area contributed by atoms with Gasteiger partial charge in [-0.3, -0.25) is 25.2 Å². The first-order valence-corrected chi connectivity index (χ1v) is 8.73. The third-order valence-electron chi connectivity index (χ3n) is 4.53. The summed E-state index contributed by atoms with van der Waals surface area (Å²) in [6.07, 6.45) is 0.934. The van der Waals surface area contributed by atoms with Crippen molar-refractivity contribution in [3.63, 3.8) is 0 Å². The molecule has 2 aromatic carbocycles. The number of hydrogen-bond acceptors (Lipinski definition) is 3. The average Bonchev–Trinajstić information content (AvgIpc) is 3.08. The van der Waals surface area contributed by atoms with Gasteiger partial charge in [0.05, 0.1) is 5.92 Å². The van der Waals surface area contributed by atoms with Gasteiger partial charge >= 0.3 is 0 Å². The standard InChI is InChI=1S/C20H20FN3O3/c1-2-13-4-3-5-17(10-13)24-12-15(11-18(24)25)20(27)23-22-19(26)14-6-8-16(21)9-7-14/h3-10,15H,2,11-12H2,1H3,(H,22,26)(H,23,27)/t15-/m0/s1. The predicted molar refractivity (Wildman–Crippen MR) is 98.3 cm³/mol. The number of benzene rings is 2. The molecule has 1 fully saturated rings. The van der Waals surface area contributed by atoms with Gasteiger partial charge < -0.3 is 4.90 Å². The third kappa shape index (κ3) is 4.31. The van der Waals surface area contributed by atoms with Gasteiger partial charge in [0.25, 0.3) is 5.91 Å². The van der Waals surface area contributed by atoms with E-state index in [4.69, 9.17) is 0 Å². The number of hydrogen-bond donors (Lipinski definition) is 2. The summed E-state index contributed by atoms with van der Waals surface area (Å²) in [7, 11) is 0. The zero-order valence-electron chi connectivity index (χ0n) is 14.9. The molecule has 2 aromatic rings. The van der Waals surface area contributed by atoms with Gasteiger partial charge in [0.1, 0.15) is 5.82 Å². The molecule has 7 heteroatoms. The Kier molecular flexibility index (Phi) is 5.49. The molecule has 1 aliphatic rings. The normalized spacial score (nSPS) is 16.3. The summed E-state index contributed by atoms with van der Waals surface area (Å²) in [4.78, 5) is 38.2. The first-order valence-electron chi connectivity index (χ1n) is 8.73. The molecule has 0 aliphatic carbocycles. The molecule has 1 saturated heterocycles. The molecule has 0 saturated carbocycles. The van der Waals surface area contributed by atoms with E-state index in [0.29, 0.717) is 0 Å². The lowest BCUT2D eigenvalue weighted by Crippen LogP contribution is -2.45. The summed E-state index contributed by atoms with van der Waals surface area (Å²) < 4.78 is 12.9. The molecule has 6 nitrogen and oxygen atoms in total. The number of carbonyl (C=O) groups excluding carboxylic acids is 3. The van der Waals surface area contributed by atoms with Crippen molar-refractivity contribution in [2.75, 3.05) is 11.4 Å². The van der Waals surface area contributed by atoms with Gasteiger partial charge in [0, 0.05) is 24.2 Å². The lowest BCUT2D eigenvalue weighted by molar-refractivity contribution is -0.126. The van der Waals surface area contributed by atoms with Crippen LogP contribution in [0.1, 0.15) is 29.3 Å². The summed E-state index contributed by atoms with van der Waals surface area (Å²) in [5.74, 6) is -2.13. The first-order chi connectivity index (χ1) is 13.0. The molecule has 1 heterocycles. The highest BCUT2D eigenvalue weighted by Crippen LogP contribution is 2.26. The minimum absolute atomic E-state index is 0.0780. The van der Waals surface area contributed by atoms with Gasteiger partial charge in [0.2, 0.25) is 11.8 Å². The van der Waals surface area contributed by atoms with Crippen LogP contribution in [-0.2, 0) is 16.0 Å². The molecule has 0 unspecified atom stereocenters. The van der Waals surface area contributed by atoms with Crippen LogP contribution in [0.4, 0.5) is 10.1 Å². The monoisotopic (exact) mass is 369 g/mol. The fraction of sp³-hybridized carbons (Fsp3) is 0.250. The van der Waals surface area contributed by atoms with Crippen molar-refractivity contribution < 1.29 is 18.8 Å². The third-order valence-corrected chi connectivity index (χ3v) is 4.53. The molecule has 1 atom stereocenters. The van der Waals surface area contributed by atoms with Crippen LogP contribution in [0, 0.1) is 11.7 Å². The van der Waals surface area contributed by atoms with E-state index in [-0.39, 0.29) is 24.4 Å². The topological polar surface area (TPSA) is 78.5 Å². The summed E-state index contributed by atoms with van der Waals surface area (Å²) in [5, 5.41) is 0. The number of anilines is 1. The van der Waals surface area contributed by atoms with E-state index in [1.165, 1.54) is 12.1 Å². The lowest BCUT2D eigenvalue weighted by Gasteiger charge is -2.17. The average molecular weight is 369 g/mol. The molecular formula is C20H20FN3O3. The number of halogens is 1. The molecular weight excluding hydrogens is 349 g/mol. The summed E-state index contributed by atoms with van der Waals surface area (Å²) >= 11 is 0. The van der Waals surface area contributed by atoms with Crippen LogP contribution >= 0.6 is 0 Å². The van der Waals surface area contributed by atoms with Crippen molar-refractivity contribution in [1.82, 2.24) is 10.9 Å². The summed E-state index contributed by atoms with van der Waals surface area (Å²) in [5.41, 5.74) is 6.73. The largest absolute Gasteiger partial charge is 0.312 e. The maximum Gasteiger partial charge on any atom is 0.269 e. The molecule has 3 rings (SSSR count). The van der Waals surface area contributed by atoms with Crippen LogP contribution in [-0.4, -0.2) is 24.3 Å². The smallest absolute Gasteiger partial charge is 0.269 e. The van der Waals surface area contributed by atoms with Crippen LogP contribution in [0.15, 0.2) is 48.5 Å². The second-order valence-electron chi connectivity index (χ2n) is 6.38. The highest BCUT2D eigenvalue weighted by atomic mass is 19.1. The van der Waals surface area contributed by atoms with Crippen LogP contribution in [0.5, 0.6) is 0 Å². The Morgan fingerprint density at radius 3 is 2.59 bits per heavy atom. The fourth-order valence-electron chi connectivity index (χ4n) is 2.97. The number of carbonyl (C=O) groups is 3. The van der Waals surface area contributed by atoms with E-state index in [9.17, 15) is 18.8 Å². The van der Waals surface area contributed by atoms with E-state index in [0.717, 1.165) is 29.8 Å². The molecule has 0 radical (unpaired) electrons. The molecule has 0 bridgehead atoms. The van der Waals surface area contributed by atoms with E-state index in [1.54, 1.807) is 4.90 Å². The van der Waals surface area contributed by atoms with Crippen molar-refractivity contribution in [1.29, 1.82) is 0 Å². The summed E-state index contributed by atoms with van der Waals surface area (Å²) in [6.45, 7) is 2.29. The number of nitrogens with one attached hydrogen (secondary N) is 2. The Labute approximate surface area is 156 Å². The second-order valence-corrected chi connectivity index (χ2v) is 6.38. The molecule has 27 heavy (non-hydrogen) atoms. The number of rotatable bonds is 4. The Bertz CT molecular complexity index is 867. The van der Waals surface area contributed by atoms with Gasteiger partial charge in [0.15, 0.2) is 0 Å². The molecule has 2 N–H and O–H groups in total. The van der Waals surface area contributed by atoms with Crippen molar-refractivity contribution in [2.45, 2.75) is 19.8 Å². The van der Waals surface area contributed by atoms with E-state index >= 15 is 0 Å². The van der Waals surface area contributed by atoms with Gasteiger partial charge in [-0.1, -0.05) is 19.1 Å². The molecule has 3 amide bonds. The van der Waals surface area contributed by atoms with Crippen molar-refractivity contribution >= 4 is 23.4 Å². The fourth-order valence-corrected chi connectivity index (χ4v) is 2.97. The Hall–Kier alpha value is -3.22. The van der Waals surface area contributed by atoms with Crippen molar-refractivity contribution in [2.24, 2.45) is 5.92 Å². The lowest BCUT2D eigenvalue weighted by atomic mass is 10.1. The number of nitrogens with zero attached hydrogens (tertiary/aromatic N) is 1. The minimum Gasteiger partial charge on any atom is -0.312 e. The molecule has 0 spiro atoms. The van der Waals surface area contributed by atoms with E-state index < -0.39 is 23.5 Å². The van der Waals surface area contributed by atoms with Crippen molar-refractivity contribution in [3.05, 3.63) is 65.5 Å². The Morgan fingerprint density at radius 1 is 1.15 bits per heavy atom.